The first-order valence-corrected chi connectivity index (χ1v) is 5.39. The molecule has 0 amide bonds. The highest BCUT2D eigenvalue weighted by Gasteiger charge is 1.98. The number of hydrogen-bond donors (Lipinski definition) is 1. The molecule has 0 radical (unpaired) electrons. The molecule has 16 heavy (non-hydrogen) atoms. The highest BCUT2D eigenvalue weighted by atomic mass is 19.1. The smallest absolute Gasteiger partial charge is 0.146 e. The molecule has 0 aliphatic heterocycles. The van der Waals surface area contributed by atoms with Gasteiger partial charge in [-0.3, -0.25) is 0 Å². The number of hydrogen-bond acceptors (Lipinski definition) is 3. The Morgan fingerprint density at radius 1 is 1.19 bits per heavy atom. The Bertz CT molecular complexity index is 294. The van der Waals surface area contributed by atoms with Crippen LogP contribution in [0.2, 0.25) is 0 Å². The molecule has 0 aliphatic carbocycles. The topological polar surface area (TPSA) is 30.5 Å². The van der Waals surface area contributed by atoms with Crippen molar-refractivity contribution in [3.8, 4) is 0 Å². The van der Waals surface area contributed by atoms with Crippen molar-refractivity contribution in [1.29, 1.82) is 0 Å². The fraction of sp³-hybridized carbons (Fsp3) is 0.500. The SMILES string of the molecule is COCCCOCCNc1ccccc1F. The standard InChI is InChI=1S/C12H18FNO2/c1-15-8-4-9-16-10-7-14-12-6-3-2-5-11(12)13/h2-3,5-6,14H,4,7-10H2,1H3. The maximum absolute atomic E-state index is 13.1. The molecule has 4 heteroatoms. The summed E-state index contributed by atoms with van der Waals surface area (Å²) in [6, 6.07) is 6.61. The highest BCUT2D eigenvalue weighted by Crippen LogP contribution is 2.11. The number of methoxy groups -OCH3 is 1. The van der Waals surface area contributed by atoms with E-state index in [1.165, 1.54) is 6.07 Å². The van der Waals surface area contributed by atoms with Crippen LogP contribution >= 0.6 is 0 Å². The normalized spacial score (nSPS) is 10.4. The molecule has 0 unspecified atom stereocenters. The number of halogens is 1. The third kappa shape index (κ3) is 5.09. The van der Waals surface area contributed by atoms with Crippen LogP contribution in [0.4, 0.5) is 10.1 Å². The second-order valence-corrected chi connectivity index (χ2v) is 3.37. The van der Waals surface area contributed by atoms with E-state index in [-0.39, 0.29) is 5.82 Å². The lowest BCUT2D eigenvalue weighted by atomic mass is 10.3. The van der Waals surface area contributed by atoms with E-state index in [2.05, 4.69) is 5.32 Å². The van der Waals surface area contributed by atoms with E-state index in [1.54, 1.807) is 25.3 Å². The lowest BCUT2D eigenvalue weighted by Crippen LogP contribution is -2.11. The molecule has 0 atom stereocenters. The molecular weight excluding hydrogens is 209 g/mol. The van der Waals surface area contributed by atoms with Crippen molar-refractivity contribution in [2.45, 2.75) is 6.42 Å². The van der Waals surface area contributed by atoms with Gasteiger partial charge in [-0.25, -0.2) is 4.39 Å². The van der Waals surface area contributed by atoms with E-state index in [0.717, 1.165) is 6.42 Å². The van der Waals surface area contributed by atoms with Gasteiger partial charge in [0.05, 0.1) is 12.3 Å². The number of rotatable bonds is 8. The van der Waals surface area contributed by atoms with Crippen LogP contribution < -0.4 is 5.32 Å². The van der Waals surface area contributed by atoms with Crippen molar-refractivity contribution in [2.24, 2.45) is 0 Å². The van der Waals surface area contributed by atoms with Crippen molar-refractivity contribution >= 4 is 5.69 Å². The molecule has 0 spiro atoms. The number of anilines is 1. The Morgan fingerprint density at radius 2 is 2.00 bits per heavy atom. The van der Waals surface area contributed by atoms with Gasteiger partial charge in [-0.2, -0.15) is 0 Å². The fourth-order valence-electron chi connectivity index (χ4n) is 1.27. The minimum Gasteiger partial charge on any atom is -0.385 e. The molecule has 0 aromatic heterocycles. The quantitative estimate of drug-likeness (QED) is 0.691. The van der Waals surface area contributed by atoms with Gasteiger partial charge < -0.3 is 14.8 Å². The second-order valence-electron chi connectivity index (χ2n) is 3.37. The minimum atomic E-state index is -0.234. The predicted molar refractivity (Wildman–Crippen MR) is 62.2 cm³/mol. The van der Waals surface area contributed by atoms with Gasteiger partial charge in [0, 0.05) is 26.9 Å². The molecular formula is C12H18FNO2. The zero-order valence-corrected chi connectivity index (χ0v) is 9.54. The van der Waals surface area contributed by atoms with Crippen LogP contribution in [0.15, 0.2) is 24.3 Å². The molecule has 1 N–H and O–H groups in total. The number of benzene rings is 1. The van der Waals surface area contributed by atoms with Crippen molar-refractivity contribution in [3.63, 3.8) is 0 Å². The summed E-state index contributed by atoms with van der Waals surface area (Å²) >= 11 is 0. The summed E-state index contributed by atoms with van der Waals surface area (Å²) in [5.41, 5.74) is 0.517. The van der Waals surface area contributed by atoms with E-state index >= 15 is 0 Å². The van der Waals surface area contributed by atoms with Crippen molar-refractivity contribution in [3.05, 3.63) is 30.1 Å². The Kier molecular flexibility index (Phi) is 6.53. The van der Waals surface area contributed by atoms with Crippen LogP contribution in [0.5, 0.6) is 0 Å². The third-order valence-electron chi connectivity index (χ3n) is 2.07. The molecule has 90 valence electrons. The summed E-state index contributed by atoms with van der Waals surface area (Å²) < 4.78 is 23.4. The summed E-state index contributed by atoms with van der Waals surface area (Å²) in [6.07, 6.45) is 0.885. The fourth-order valence-corrected chi connectivity index (χ4v) is 1.27. The Morgan fingerprint density at radius 3 is 2.75 bits per heavy atom. The van der Waals surface area contributed by atoms with E-state index in [0.29, 0.717) is 32.1 Å². The zero-order chi connectivity index (χ0) is 11.6. The summed E-state index contributed by atoms with van der Waals surface area (Å²) in [5.74, 6) is -0.234. The maximum Gasteiger partial charge on any atom is 0.146 e. The Hall–Kier alpha value is -1.13. The summed E-state index contributed by atoms with van der Waals surface area (Å²) in [6.45, 7) is 2.56. The lowest BCUT2D eigenvalue weighted by molar-refractivity contribution is 0.109. The summed E-state index contributed by atoms with van der Waals surface area (Å²) in [4.78, 5) is 0. The average Bonchev–Trinajstić information content (AvgIpc) is 2.30. The molecule has 0 heterocycles. The van der Waals surface area contributed by atoms with E-state index in [4.69, 9.17) is 9.47 Å². The molecule has 0 aliphatic rings. The highest BCUT2D eigenvalue weighted by molar-refractivity contribution is 5.44. The van der Waals surface area contributed by atoms with E-state index < -0.39 is 0 Å². The molecule has 1 rings (SSSR count). The minimum absolute atomic E-state index is 0.234. The van der Waals surface area contributed by atoms with Gasteiger partial charge in [0.1, 0.15) is 5.82 Å². The molecule has 0 saturated carbocycles. The predicted octanol–water partition coefficient (Wildman–Crippen LogP) is 2.29. The van der Waals surface area contributed by atoms with Crippen LogP contribution in [0.1, 0.15) is 6.42 Å². The summed E-state index contributed by atoms with van der Waals surface area (Å²) in [7, 11) is 1.67. The summed E-state index contributed by atoms with van der Waals surface area (Å²) in [5, 5.41) is 2.97. The number of ether oxygens (including phenoxy) is 2. The van der Waals surface area contributed by atoms with Gasteiger partial charge in [-0.15, -0.1) is 0 Å². The largest absolute Gasteiger partial charge is 0.385 e. The van der Waals surface area contributed by atoms with Crippen LogP contribution in [-0.2, 0) is 9.47 Å². The maximum atomic E-state index is 13.1. The van der Waals surface area contributed by atoms with Gasteiger partial charge in [0.25, 0.3) is 0 Å². The van der Waals surface area contributed by atoms with Gasteiger partial charge in [-0.05, 0) is 18.6 Å². The molecule has 0 saturated heterocycles. The van der Waals surface area contributed by atoms with E-state index in [9.17, 15) is 4.39 Å². The van der Waals surface area contributed by atoms with Crippen molar-refractivity contribution in [2.75, 3.05) is 38.8 Å². The van der Waals surface area contributed by atoms with Crippen LogP contribution in [0, 0.1) is 5.82 Å². The second kappa shape index (κ2) is 8.07. The molecule has 3 nitrogen and oxygen atoms in total. The first kappa shape index (κ1) is 12.9. The van der Waals surface area contributed by atoms with Gasteiger partial charge in [0.2, 0.25) is 0 Å². The first-order valence-electron chi connectivity index (χ1n) is 5.39. The lowest BCUT2D eigenvalue weighted by Gasteiger charge is -2.07. The van der Waals surface area contributed by atoms with Gasteiger partial charge in [-0.1, -0.05) is 12.1 Å². The molecule has 0 bridgehead atoms. The molecule has 0 fully saturated rings. The monoisotopic (exact) mass is 227 g/mol. The van der Waals surface area contributed by atoms with Gasteiger partial charge >= 0.3 is 0 Å². The third-order valence-corrected chi connectivity index (χ3v) is 2.07. The average molecular weight is 227 g/mol. The van der Waals surface area contributed by atoms with Crippen molar-refractivity contribution < 1.29 is 13.9 Å². The first-order chi connectivity index (χ1) is 7.84. The number of nitrogens with one attached hydrogen (secondary N) is 1. The Balaban J connectivity index is 2.05. The zero-order valence-electron chi connectivity index (χ0n) is 9.54. The van der Waals surface area contributed by atoms with Crippen LogP contribution in [0.25, 0.3) is 0 Å². The van der Waals surface area contributed by atoms with Crippen molar-refractivity contribution in [1.82, 2.24) is 0 Å². The molecule has 1 aromatic carbocycles. The number of para-hydroxylation sites is 1. The van der Waals surface area contributed by atoms with Crippen LogP contribution in [-0.4, -0.2) is 33.5 Å². The van der Waals surface area contributed by atoms with E-state index in [1.807, 2.05) is 0 Å². The van der Waals surface area contributed by atoms with Crippen LogP contribution in [0.3, 0.4) is 0 Å². The Labute approximate surface area is 95.6 Å². The van der Waals surface area contributed by atoms with Gasteiger partial charge in [0.15, 0.2) is 0 Å². The molecule has 1 aromatic rings.